The van der Waals surface area contributed by atoms with Crippen molar-refractivity contribution in [2.24, 2.45) is 0 Å². The van der Waals surface area contributed by atoms with Crippen LogP contribution in [0, 0.1) is 6.92 Å². The summed E-state index contributed by atoms with van der Waals surface area (Å²) in [6.45, 7) is 2.33. The van der Waals surface area contributed by atoms with Crippen molar-refractivity contribution in [3.8, 4) is 0 Å². The lowest BCUT2D eigenvalue weighted by Crippen LogP contribution is -2.23. The Morgan fingerprint density at radius 1 is 1.47 bits per heavy atom. The van der Waals surface area contributed by atoms with Crippen molar-refractivity contribution >= 4 is 17.5 Å². The van der Waals surface area contributed by atoms with Gasteiger partial charge in [-0.2, -0.15) is 9.50 Å². The minimum absolute atomic E-state index is 0.0997. The number of nitrogens with zero attached hydrogens (tertiary/aromatic N) is 3. The van der Waals surface area contributed by atoms with E-state index in [0.29, 0.717) is 35.2 Å². The molecule has 0 saturated carbocycles. The topological polar surface area (TPSA) is 72.3 Å². The zero-order valence-corrected chi connectivity index (χ0v) is 10.8. The summed E-state index contributed by atoms with van der Waals surface area (Å²) in [6.07, 6.45) is 2.45. The molecule has 6 nitrogen and oxygen atoms in total. The Balaban J connectivity index is 2.57. The van der Waals surface area contributed by atoms with E-state index < -0.39 is 0 Å². The van der Waals surface area contributed by atoms with E-state index in [1.165, 1.54) is 16.3 Å². The van der Waals surface area contributed by atoms with Crippen LogP contribution in [0.4, 0.5) is 0 Å². The fourth-order valence-corrected chi connectivity index (χ4v) is 1.97. The van der Waals surface area contributed by atoms with Gasteiger partial charge in [-0.1, -0.05) is 11.8 Å². The number of methoxy groups -OCH3 is 1. The Kier molecular flexibility index (Phi) is 3.49. The molecule has 2 rings (SSSR count). The van der Waals surface area contributed by atoms with E-state index in [1.807, 2.05) is 13.2 Å². The Bertz CT molecular complexity index is 590. The minimum atomic E-state index is -0.0997. The Labute approximate surface area is 102 Å². The first-order chi connectivity index (χ1) is 8.17. The van der Waals surface area contributed by atoms with Crippen LogP contribution < -0.4 is 5.56 Å². The molecule has 17 heavy (non-hydrogen) atoms. The van der Waals surface area contributed by atoms with Gasteiger partial charge in [0.05, 0.1) is 12.3 Å². The zero-order chi connectivity index (χ0) is 12.4. The molecular formula is C10H14N4O2S. The average molecular weight is 254 g/mol. The third-order valence-corrected chi connectivity index (χ3v) is 3.09. The number of H-pyrrole nitrogens is 1. The van der Waals surface area contributed by atoms with Gasteiger partial charge in [0.15, 0.2) is 5.16 Å². The van der Waals surface area contributed by atoms with Gasteiger partial charge in [0.2, 0.25) is 0 Å². The summed E-state index contributed by atoms with van der Waals surface area (Å²) in [5, 5.41) is 3.59. The van der Waals surface area contributed by atoms with Crippen molar-refractivity contribution in [2.75, 3.05) is 20.0 Å². The SMILES string of the molecule is COCCc1c(C)nc2nc(SC)[nH]n2c1=O. The van der Waals surface area contributed by atoms with Crippen LogP contribution in [0.15, 0.2) is 9.95 Å². The summed E-state index contributed by atoms with van der Waals surface area (Å²) in [6, 6.07) is 0. The monoisotopic (exact) mass is 254 g/mol. The lowest BCUT2D eigenvalue weighted by Gasteiger charge is -2.03. The van der Waals surface area contributed by atoms with Crippen LogP contribution in [0.1, 0.15) is 11.3 Å². The molecule has 92 valence electrons. The van der Waals surface area contributed by atoms with Gasteiger partial charge in [0, 0.05) is 19.1 Å². The van der Waals surface area contributed by atoms with Crippen LogP contribution in [0.3, 0.4) is 0 Å². The van der Waals surface area contributed by atoms with Crippen molar-refractivity contribution in [1.82, 2.24) is 19.6 Å². The average Bonchev–Trinajstić information content (AvgIpc) is 2.72. The molecule has 0 aliphatic rings. The molecular weight excluding hydrogens is 240 g/mol. The lowest BCUT2D eigenvalue weighted by molar-refractivity contribution is 0.201. The maximum absolute atomic E-state index is 12.2. The molecule has 0 fully saturated rings. The van der Waals surface area contributed by atoms with Gasteiger partial charge in [0.25, 0.3) is 11.3 Å². The number of aromatic amines is 1. The quantitative estimate of drug-likeness (QED) is 0.810. The van der Waals surface area contributed by atoms with Gasteiger partial charge < -0.3 is 4.74 Å². The van der Waals surface area contributed by atoms with E-state index in [0.717, 1.165) is 0 Å². The summed E-state index contributed by atoms with van der Waals surface area (Å²) in [5.41, 5.74) is 1.28. The molecule has 0 atom stereocenters. The van der Waals surface area contributed by atoms with E-state index in [2.05, 4.69) is 15.1 Å². The molecule has 2 aromatic rings. The van der Waals surface area contributed by atoms with Gasteiger partial charge in [0.1, 0.15) is 0 Å². The number of fused-ring (bicyclic) bond motifs is 1. The molecule has 0 radical (unpaired) electrons. The van der Waals surface area contributed by atoms with Crippen molar-refractivity contribution < 1.29 is 4.74 Å². The fourth-order valence-electron chi connectivity index (χ4n) is 1.62. The predicted molar refractivity (Wildman–Crippen MR) is 65.7 cm³/mol. The van der Waals surface area contributed by atoms with E-state index in [-0.39, 0.29) is 5.56 Å². The van der Waals surface area contributed by atoms with Gasteiger partial charge in [-0.3, -0.25) is 9.89 Å². The highest BCUT2D eigenvalue weighted by Gasteiger charge is 2.12. The van der Waals surface area contributed by atoms with Crippen LogP contribution in [-0.4, -0.2) is 39.6 Å². The second-order valence-corrected chi connectivity index (χ2v) is 4.39. The molecule has 0 bridgehead atoms. The number of aryl methyl sites for hydroxylation is 1. The van der Waals surface area contributed by atoms with Crippen molar-refractivity contribution in [2.45, 2.75) is 18.5 Å². The zero-order valence-electron chi connectivity index (χ0n) is 9.98. The van der Waals surface area contributed by atoms with Crippen molar-refractivity contribution in [3.63, 3.8) is 0 Å². The molecule has 0 unspecified atom stereocenters. The molecule has 0 aliphatic carbocycles. The van der Waals surface area contributed by atoms with Crippen LogP contribution >= 0.6 is 11.8 Å². The highest BCUT2D eigenvalue weighted by atomic mass is 32.2. The lowest BCUT2D eigenvalue weighted by atomic mass is 10.2. The standard InChI is InChI=1S/C10H14N4O2S/c1-6-7(4-5-16-2)8(15)14-9(11-6)12-10(13-14)17-3/h4-5H2,1-3H3,(H,11,12,13). The molecule has 0 amide bonds. The maximum Gasteiger partial charge on any atom is 0.277 e. The number of ether oxygens (including phenoxy) is 1. The molecule has 0 aliphatic heterocycles. The number of nitrogens with one attached hydrogen (secondary N) is 1. The third kappa shape index (κ3) is 2.20. The van der Waals surface area contributed by atoms with E-state index in [1.54, 1.807) is 7.11 Å². The molecule has 0 saturated heterocycles. The van der Waals surface area contributed by atoms with Gasteiger partial charge in [-0.15, -0.1) is 0 Å². The van der Waals surface area contributed by atoms with Crippen LogP contribution in [0.25, 0.3) is 5.78 Å². The van der Waals surface area contributed by atoms with E-state index in [4.69, 9.17) is 4.74 Å². The summed E-state index contributed by atoms with van der Waals surface area (Å²) >= 11 is 1.44. The van der Waals surface area contributed by atoms with Gasteiger partial charge in [-0.05, 0) is 13.2 Å². The number of aromatic nitrogens is 4. The van der Waals surface area contributed by atoms with Gasteiger partial charge in [-0.25, -0.2) is 4.98 Å². The number of hydrogen-bond acceptors (Lipinski definition) is 5. The molecule has 1 N–H and O–H groups in total. The summed E-state index contributed by atoms with van der Waals surface area (Å²) in [7, 11) is 1.61. The number of hydrogen-bond donors (Lipinski definition) is 1. The van der Waals surface area contributed by atoms with Crippen molar-refractivity contribution in [1.29, 1.82) is 0 Å². The number of rotatable bonds is 4. The predicted octanol–water partition coefficient (Wildman–Crippen LogP) is 0.637. The largest absolute Gasteiger partial charge is 0.384 e. The normalized spacial score (nSPS) is 11.2. The summed E-state index contributed by atoms with van der Waals surface area (Å²) in [5.74, 6) is 0.415. The Morgan fingerprint density at radius 3 is 2.88 bits per heavy atom. The summed E-state index contributed by atoms with van der Waals surface area (Å²) < 4.78 is 6.37. The molecule has 0 aromatic carbocycles. The summed E-state index contributed by atoms with van der Waals surface area (Å²) in [4.78, 5) is 20.7. The maximum atomic E-state index is 12.2. The molecule has 2 heterocycles. The Hall–Kier alpha value is -1.34. The third-order valence-electron chi connectivity index (χ3n) is 2.52. The first kappa shape index (κ1) is 12.1. The first-order valence-corrected chi connectivity index (χ1v) is 6.41. The highest BCUT2D eigenvalue weighted by Crippen LogP contribution is 2.09. The minimum Gasteiger partial charge on any atom is -0.384 e. The second kappa shape index (κ2) is 4.89. The van der Waals surface area contributed by atoms with E-state index >= 15 is 0 Å². The number of thioether (sulfide) groups is 1. The van der Waals surface area contributed by atoms with Crippen LogP contribution in [0.5, 0.6) is 0 Å². The fraction of sp³-hybridized carbons (Fsp3) is 0.500. The van der Waals surface area contributed by atoms with Crippen LogP contribution in [0.2, 0.25) is 0 Å². The second-order valence-electron chi connectivity index (χ2n) is 3.59. The van der Waals surface area contributed by atoms with Crippen LogP contribution in [-0.2, 0) is 11.2 Å². The molecule has 2 aromatic heterocycles. The molecule has 0 spiro atoms. The highest BCUT2D eigenvalue weighted by molar-refractivity contribution is 7.98. The van der Waals surface area contributed by atoms with Gasteiger partial charge >= 0.3 is 0 Å². The Morgan fingerprint density at radius 2 is 2.24 bits per heavy atom. The smallest absolute Gasteiger partial charge is 0.277 e. The molecule has 7 heteroatoms. The van der Waals surface area contributed by atoms with Crippen molar-refractivity contribution in [3.05, 3.63) is 21.6 Å². The van der Waals surface area contributed by atoms with E-state index in [9.17, 15) is 4.79 Å². The first-order valence-electron chi connectivity index (χ1n) is 5.18.